The molecule has 0 fully saturated rings. The molecule has 134 valence electrons. The van der Waals surface area contributed by atoms with Gasteiger partial charge in [-0.05, 0) is 11.7 Å². The Morgan fingerprint density at radius 1 is 0.654 bits per heavy atom. The first-order chi connectivity index (χ1) is 12.9. The molecule has 0 aromatic heterocycles. The highest BCUT2D eigenvalue weighted by atomic mass is 17.3. The van der Waals surface area contributed by atoms with Crippen molar-refractivity contribution in [2.45, 2.75) is 0 Å². The van der Waals surface area contributed by atoms with Crippen molar-refractivity contribution < 1.29 is 9.98 Å². The van der Waals surface area contributed by atoms with Gasteiger partial charge in [-0.2, -0.15) is 5.48 Å². The van der Waals surface area contributed by atoms with Crippen molar-refractivity contribution in [1.82, 2.24) is 15.4 Å². The summed E-state index contributed by atoms with van der Waals surface area (Å²) in [5.74, 6) is 0. The number of hydrogen-bond donors (Lipinski definition) is 2. The molecule has 5 nitrogen and oxygen atoms in total. The summed E-state index contributed by atoms with van der Waals surface area (Å²) in [7, 11) is 1.89. The van der Waals surface area contributed by atoms with Gasteiger partial charge in [-0.15, -0.1) is 0 Å². The molecule has 0 saturated heterocycles. The predicted molar refractivity (Wildman–Crippen MR) is 105 cm³/mol. The summed E-state index contributed by atoms with van der Waals surface area (Å²) >= 11 is 0. The standard InChI is InChI=1S/C21H24N3O2/c1-22-17-18-23-25-26-24(19-11-5-2-6-12-19,20-13-7-3-8-14-20)21-15-9-4-10-16-21/h2-16,22-23H,17-18H2,1H3/q+1. The van der Waals surface area contributed by atoms with Gasteiger partial charge in [0.2, 0.25) is 0 Å². The Morgan fingerprint density at radius 2 is 1.08 bits per heavy atom. The van der Waals surface area contributed by atoms with Gasteiger partial charge in [0.05, 0.1) is 0 Å². The van der Waals surface area contributed by atoms with Gasteiger partial charge in [-0.25, -0.2) is 0 Å². The molecule has 3 aromatic rings. The van der Waals surface area contributed by atoms with Gasteiger partial charge in [-0.1, -0.05) is 59.6 Å². The lowest BCUT2D eigenvalue weighted by Gasteiger charge is -2.31. The Hall–Kier alpha value is -2.54. The van der Waals surface area contributed by atoms with Gasteiger partial charge in [-0.3, -0.25) is 0 Å². The second-order valence-electron chi connectivity index (χ2n) is 5.77. The average molecular weight is 350 g/mol. The van der Waals surface area contributed by atoms with Gasteiger partial charge in [0.25, 0.3) is 0 Å². The van der Waals surface area contributed by atoms with Crippen molar-refractivity contribution in [3.63, 3.8) is 0 Å². The molecule has 0 spiro atoms. The van der Waals surface area contributed by atoms with Crippen molar-refractivity contribution >= 4 is 17.1 Å². The summed E-state index contributed by atoms with van der Waals surface area (Å²) in [6, 6.07) is 30.1. The third-order valence-electron chi connectivity index (χ3n) is 4.04. The zero-order chi connectivity index (χ0) is 18.1. The molecule has 3 aromatic carbocycles. The smallest absolute Gasteiger partial charge is 0.178 e. The zero-order valence-electron chi connectivity index (χ0n) is 14.8. The molecule has 5 heteroatoms. The van der Waals surface area contributed by atoms with Crippen molar-refractivity contribution in [3.05, 3.63) is 91.0 Å². The van der Waals surface area contributed by atoms with Crippen LogP contribution in [0.25, 0.3) is 0 Å². The summed E-state index contributed by atoms with van der Waals surface area (Å²) < 4.78 is -0.0188. The molecule has 0 aliphatic carbocycles. The lowest BCUT2D eigenvalue weighted by molar-refractivity contribution is -0.414. The Bertz CT molecular complexity index is 670. The Kier molecular flexibility index (Phi) is 6.49. The molecule has 0 atom stereocenters. The van der Waals surface area contributed by atoms with Crippen LogP contribution in [0.4, 0.5) is 17.1 Å². The first-order valence-corrected chi connectivity index (χ1v) is 8.66. The molecule has 3 rings (SSSR count). The van der Waals surface area contributed by atoms with Gasteiger partial charge in [0, 0.05) is 54.5 Å². The lowest BCUT2D eigenvalue weighted by atomic mass is 10.2. The van der Waals surface area contributed by atoms with E-state index >= 15 is 0 Å². The van der Waals surface area contributed by atoms with Crippen LogP contribution in [0.5, 0.6) is 0 Å². The fourth-order valence-electron chi connectivity index (χ4n) is 2.79. The van der Waals surface area contributed by atoms with Crippen molar-refractivity contribution in [2.75, 3.05) is 20.1 Å². The van der Waals surface area contributed by atoms with Gasteiger partial charge >= 0.3 is 0 Å². The molecule has 0 heterocycles. The summed E-state index contributed by atoms with van der Waals surface area (Å²) in [5.41, 5.74) is 5.64. The molecule has 0 aliphatic rings. The van der Waals surface area contributed by atoms with Crippen molar-refractivity contribution in [1.29, 1.82) is 0 Å². The van der Waals surface area contributed by atoms with E-state index in [0.717, 1.165) is 23.6 Å². The Labute approximate surface area is 154 Å². The van der Waals surface area contributed by atoms with Crippen LogP contribution >= 0.6 is 0 Å². The normalized spacial score (nSPS) is 11.4. The van der Waals surface area contributed by atoms with E-state index in [4.69, 9.17) is 9.98 Å². The minimum atomic E-state index is -0.0188. The highest BCUT2D eigenvalue weighted by Gasteiger charge is 2.41. The maximum absolute atomic E-state index is 6.03. The molecule has 2 N–H and O–H groups in total. The number of nitrogens with zero attached hydrogens (tertiary/aromatic N) is 1. The van der Waals surface area contributed by atoms with E-state index in [0.29, 0.717) is 6.54 Å². The highest BCUT2D eigenvalue weighted by Crippen LogP contribution is 2.43. The number of quaternary nitrogens is 1. The van der Waals surface area contributed by atoms with E-state index in [1.165, 1.54) is 0 Å². The number of hydroxylamine groups is 1. The van der Waals surface area contributed by atoms with Crippen LogP contribution < -0.4 is 15.4 Å². The quantitative estimate of drug-likeness (QED) is 0.262. The fourth-order valence-corrected chi connectivity index (χ4v) is 2.79. The van der Waals surface area contributed by atoms with Crippen LogP contribution in [0.2, 0.25) is 0 Å². The van der Waals surface area contributed by atoms with Crippen LogP contribution in [0, 0.1) is 0 Å². The maximum Gasteiger partial charge on any atom is 0.178 e. The third kappa shape index (κ3) is 3.99. The van der Waals surface area contributed by atoms with E-state index < -0.39 is 0 Å². The SMILES string of the molecule is CNCCNOO[N+](c1ccccc1)(c1ccccc1)c1ccccc1. The number of nitrogens with one attached hydrogen (secondary N) is 2. The van der Waals surface area contributed by atoms with Gasteiger partial charge < -0.3 is 5.32 Å². The predicted octanol–water partition coefficient (Wildman–Crippen LogP) is 4.24. The highest BCUT2D eigenvalue weighted by molar-refractivity contribution is 5.68. The summed E-state index contributed by atoms with van der Waals surface area (Å²) in [6.07, 6.45) is 0. The molecule has 26 heavy (non-hydrogen) atoms. The first-order valence-electron chi connectivity index (χ1n) is 8.66. The third-order valence-corrected chi connectivity index (χ3v) is 4.04. The van der Waals surface area contributed by atoms with Crippen LogP contribution in [0.3, 0.4) is 0 Å². The van der Waals surface area contributed by atoms with E-state index in [2.05, 4.69) is 10.8 Å². The van der Waals surface area contributed by atoms with Crippen LogP contribution in [-0.4, -0.2) is 20.1 Å². The molecule has 0 saturated carbocycles. The van der Waals surface area contributed by atoms with Crippen molar-refractivity contribution in [3.8, 4) is 0 Å². The number of para-hydroxylation sites is 3. The van der Waals surface area contributed by atoms with Crippen molar-refractivity contribution in [2.24, 2.45) is 0 Å². The molecular formula is C21H24N3O2+. The molecule has 0 amide bonds. The largest absolute Gasteiger partial charge is 0.318 e. The number of benzene rings is 3. The van der Waals surface area contributed by atoms with Crippen LogP contribution in [0.15, 0.2) is 91.0 Å². The number of likely N-dealkylation sites (N-methyl/N-ethyl adjacent to an activating group) is 1. The average Bonchev–Trinajstić information content (AvgIpc) is 2.73. The summed E-state index contributed by atoms with van der Waals surface area (Å²) in [6.45, 7) is 1.39. The molecule has 0 radical (unpaired) electrons. The van der Waals surface area contributed by atoms with Crippen LogP contribution in [-0.2, 0) is 9.98 Å². The summed E-state index contributed by atoms with van der Waals surface area (Å²) in [4.78, 5) is 11.5. The maximum atomic E-state index is 6.03. The first kappa shape index (κ1) is 18.3. The molecule has 0 bridgehead atoms. The zero-order valence-corrected chi connectivity index (χ0v) is 14.8. The van der Waals surface area contributed by atoms with Gasteiger partial charge in [0.1, 0.15) is 0 Å². The minimum Gasteiger partial charge on any atom is -0.318 e. The minimum absolute atomic E-state index is 0.0188. The van der Waals surface area contributed by atoms with Crippen LogP contribution in [0.1, 0.15) is 0 Å². The molecule has 0 aliphatic heterocycles. The number of rotatable bonds is 9. The topological polar surface area (TPSA) is 42.5 Å². The second-order valence-corrected chi connectivity index (χ2v) is 5.77. The summed E-state index contributed by atoms with van der Waals surface area (Å²) in [5, 5.41) is 3.06. The molecular weight excluding hydrogens is 326 g/mol. The van der Waals surface area contributed by atoms with E-state index in [9.17, 15) is 0 Å². The van der Waals surface area contributed by atoms with E-state index in [-0.39, 0.29) is 4.65 Å². The van der Waals surface area contributed by atoms with E-state index in [1.54, 1.807) is 0 Å². The molecule has 0 unspecified atom stereocenters. The Balaban J connectivity index is 2.06. The monoisotopic (exact) mass is 350 g/mol. The fraction of sp³-hybridized carbons (Fsp3) is 0.143. The van der Waals surface area contributed by atoms with E-state index in [1.807, 2.05) is 98.0 Å². The lowest BCUT2D eigenvalue weighted by Crippen LogP contribution is -2.41. The second kappa shape index (κ2) is 9.24. The number of hydrogen-bond acceptors (Lipinski definition) is 4. The Morgan fingerprint density at radius 3 is 1.46 bits per heavy atom. The van der Waals surface area contributed by atoms with Gasteiger partial charge in [0.15, 0.2) is 17.1 Å².